The van der Waals surface area contributed by atoms with E-state index in [4.69, 9.17) is 4.52 Å². The molecule has 1 aromatic carbocycles. The molecule has 0 radical (unpaired) electrons. The average Bonchev–Trinajstić information content (AvgIpc) is 3.36. The maximum atomic E-state index is 13.3. The van der Waals surface area contributed by atoms with Crippen molar-refractivity contribution < 1.29 is 12.9 Å². The van der Waals surface area contributed by atoms with Crippen molar-refractivity contribution in [3.8, 4) is 0 Å². The van der Waals surface area contributed by atoms with Crippen molar-refractivity contribution in [3.63, 3.8) is 0 Å². The quantitative estimate of drug-likeness (QED) is 0.587. The summed E-state index contributed by atoms with van der Waals surface area (Å²) in [7, 11) is -3.35. The Balaban J connectivity index is 1.25. The predicted molar refractivity (Wildman–Crippen MR) is 122 cm³/mol. The molecule has 1 aliphatic carbocycles. The van der Waals surface area contributed by atoms with Gasteiger partial charge in [-0.05, 0) is 49.0 Å². The van der Waals surface area contributed by atoms with E-state index in [2.05, 4.69) is 39.7 Å². The lowest BCUT2D eigenvalue weighted by Gasteiger charge is -2.30. The number of nitrogens with one attached hydrogen (secondary N) is 1. The summed E-state index contributed by atoms with van der Waals surface area (Å²) >= 11 is 0. The van der Waals surface area contributed by atoms with Crippen molar-refractivity contribution in [3.05, 3.63) is 47.6 Å². The molecule has 1 N–H and O–H groups in total. The first-order valence-electron chi connectivity index (χ1n) is 12.1. The molecule has 8 heteroatoms. The Morgan fingerprint density at radius 3 is 2.56 bits per heavy atom. The molecule has 3 aliphatic rings. The van der Waals surface area contributed by atoms with E-state index in [0.717, 1.165) is 51.1 Å². The molecule has 32 heavy (non-hydrogen) atoms. The maximum absolute atomic E-state index is 13.3. The number of hydrogen-bond donors (Lipinski definition) is 1. The molecular formula is C24H34N4O3S. The standard InChI is InChI=1S/C24H34N4O3S/c29-32(30,17-21-14-25-15-21)28-16-20(12-19-9-4-10-19)13-22(28)24-26-23(27-31-24)11-5-8-18-6-2-1-3-7-18/h1-3,6-7,19-22,25H,4-5,8-17H2. The van der Waals surface area contributed by atoms with Gasteiger partial charge in [0.2, 0.25) is 15.9 Å². The molecule has 174 valence electrons. The van der Waals surface area contributed by atoms with Gasteiger partial charge in [-0.25, -0.2) is 8.42 Å². The van der Waals surface area contributed by atoms with Crippen LogP contribution in [0.3, 0.4) is 0 Å². The Morgan fingerprint density at radius 2 is 1.88 bits per heavy atom. The van der Waals surface area contributed by atoms with Crippen LogP contribution in [0.4, 0.5) is 0 Å². The smallest absolute Gasteiger partial charge is 0.245 e. The molecule has 7 nitrogen and oxygen atoms in total. The van der Waals surface area contributed by atoms with E-state index in [0.29, 0.717) is 24.2 Å². The first-order chi connectivity index (χ1) is 15.6. The van der Waals surface area contributed by atoms with Crippen LogP contribution in [0, 0.1) is 17.8 Å². The van der Waals surface area contributed by atoms with Crippen LogP contribution in [0.15, 0.2) is 34.9 Å². The van der Waals surface area contributed by atoms with E-state index in [1.165, 1.54) is 24.8 Å². The third kappa shape index (κ3) is 5.07. The second kappa shape index (κ2) is 9.61. The van der Waals surface area contributed by atoms with Gasteiger partial charge in [-0.15, -0.1) is 0 Å². The summed E-state index contributed by atoms with van der Waals surface area (Å²) in [5, 5.41) is 7.37. The largest absolute Gasteiger partial charge is 0.338 e. The van der Waals surface area contributed by atoms with Crippen LogP contribution in [0.25, 0.3) is 0 Å². The van der Waals surface area contributed by atoms with Crippen LogP contribution in [-0.4, -0.2) is 48.3 Å². The molecule has 0 bridgehead atoms. The highest BCUT2D eigenvalue weighted by Gasteiger charge is 2.44. The molecule has 2 aliphatic heterocycles. The molecule has 0 spiro atoms. The molecule has 0 amide bonds. The highest BCUT2D eigenvalue weighted by atomic mass is 32.2. The van der Waals surface area contributed by atoms with Gasteiger partial charge in [0.15, 0.2) is 5.82 Å². The van der Waals surface area contributed by atoms with E-state index < -0.39 is 10.0 Å². The van der Waals surface area contributed by atoms with E-state index in [-0.39, 0.29) is 17.7 Å². The minimum Gasteiger partial charge on any atom is -0.338 e. The Kier molecular flexibility index (Phi) is 6.62. The van der Waals surface area contributed by atoms with Crippen molar-refractivity contribution in [2.75, 3.05) is 25.4 Å². The summed E-state index contributed by atoms with van der Waals surface area (Å²) in [5.41, 5.74) is 1.30. The molecule has 1 saturated carbocycles. The van der Waals surface area contributed by atoms with Gasteiger partial charge in [-0.1, -0.05) is 54.8 Å². The van der Waals surface area contributed by atoms with Crippen molar-refractivity contribution in [1.29, 1.82) is 0 Å². The topological polar surface area (TPSA) is 88.3 Å². The summed E-state index contributed by atoms with van der Waals surface area (Å²) < 4.78 is 33.9. The first kappa shape index (κ1) is 22.0. The second-order valence-corrected chi connectivity index (χ2v) is 11.9. The van der Waals surface area contributed by atoms with E-state index in [9.17, 15) is 8.42 Å². The number of hydrogen-bond acceptors (Lipinski definition) is 6. The highest BCUT2D eigenvalue weighted by molar-refractivity contribution is 7.89. The van der Waals surface area contributed by atoms with E-state index >= 15 is 0 Å². The van der Waals surface area contributed by atoms with Crippen LogP contribution in [0.2, 0.25) is 0 Å². The number of rotatable bonds is 10. The normalized spacial score (nSPS) is 25.0. The van der Waals surface area contributed by atoms with E-state index in [1.807, 2.05) is 6.07 Å². The molecule has 2 aromatic rings. The van der Waals surface area contributed by atoms with Crippen LogP contribution in [0.5, 0.6) is 0 Å². The van der Waals surface area contributed by atoms with Crippen molar-refractivity contribution in [2.45, 2.75) is 57.4 Å². The van der Waals surface area contributed by atoms with Gasteiger partial charge in [-0.2, -0.15) is 9.29 Å². The fourth-order valence-electron chi connectivity index (χ4n) is 5.25. The fraction of sp³-hybridized carbons (Fsp3) is 0.667. The van der Waals surface area contributed by atoms with E-state index in [1.54, 1.807) is 4.31 Å². The number of aromatic nitrogens is 2. The lowest BCUT2D eigenvalue weighted by Crippen LogP contribution is -2.48. The molecule has 2 unspecified atom stereocenters. The van der Waals surface area contributed by atoms with Gasteiger partial charge in [0.1, 0.15) is 6.04 Å². The molecule has 3 heterocycles. The minimum absolute atomic E-state index is 0.211. The summed E-state index contributed by atoms with van der Waals surface area (Å²) in [6.07, 6.45) is 8.43. The summed E-state index contributed by atoms with van der Waals surface area (Å²) in [6, 6.07) is 10.1. The average molecular weight is 459 g/mol. The Labute approximate surface area is 191 Å². The van der Waals surface area contributed by atoms with Gasteiger partial charge in [0.05, 0.1) is 5.75 Å². The maximum Gasteiger partial charge on any atom is 0.245 e. The fourth-order valence-corrected chi connectivity index (χ4v) is 7.28. The van der Waals surface area contributed by atoms with Crippen molar-refractivity contribution >= 4 is 10.0 Å². The molecular weight excluding hydrogens is 424 g/mol. The lowest BCUT2D eigenvalue weighted by molar-refractivity contribution is 0.252. The van der Waals surface area contributed by atoms with Gasteiger partial charge < -0.3 is 9.84 Å². The third-order valence-corrected chi connectivity index (χ3v) is 9.39. The monoisotopic (exact) mass is 458 g/mol. The summed E-state index contributed by atoms with van der Waals surface area (Å²) in [6.45, 7) is 2.17. The molecule has 2 atom stereocenters. The highest BCUT2D eigenvalue weighted by Crippen LogP contribution is 2.43. The summed E-state index contributed by atoms with van der Waals surface area (Å²) in [5.74, 6) is 2.72. The van der Waals surface area contributed by atoms with Gasteiger partial charge >= 0.3 is 0 Å². The second-order valence-electron chi connectivity index (χ2n) is 9.91. The zero-order valence-electron chi connectivity index (χ0n) is 18.7. The van der Waals surface area contributed by atoms with Crippen LogP contribution < -0.4 is 5.32 Å². The minimum atomic E-state index is -3.35. The zero-order valence-corrected chi connectivity index (χ0v) is 19.5. The van der Waals surface area contributed by atoms with Crippen LogP contribution in [-0.2, 0) is 22.9 Å². The SMILES string of the molecule is O=S(=O)(CC1CNC1)N1CC(CC2CCC2)CC1c1nc(CCCc2ccccc2)no1. The number of sulfonamides is 1. The molecule has 2 saturated heterocycles. The molecule has 5 rings (SSSR count). The molecule has 1 aromatic heterocycles. The van der Waals surface area contributed by atoms with Gasteiger partial charge in [0.25, 0.3) is 0 Å². The van der Waals surface area contributed by atoms with Gasteiger partial charge in [-0.3, -0.25) is 0 Å². The van der Waals surface area contributed by atoms with Gasteiger partial charge in [0, 0.05) is 26.1 Å². The molecule has 3 fully saturated rings. The predicted octanol–water partition coefficient (Wildman–Crippen LogP) is 3.35. The number of aryl methyl sites for hydroxylation is 2. The van der Waals surface area contributed by atoms with Crippen LogP contribution in [0.1, 0.15) is 61.8 Å². The van der Waals surface area contributed by atoms with Crippen LogP contribution >= 0.6 is 0 Å². The third-order valence-electron chi connectivity index (χ3n) is 7.38. The number of benzene rings is 1. The zero-order chi connectivity index (χ0) is 22.0. The van der Waals surface area contributed by atoms with Crippen molar-refractivity contribution in [1.82, 2.24) is 19.8 Å². The summed E-state index contributed by atoms with van der Waals surface area (Å²) in [4.78, 5) is 4.65. The Morgan fingerprint density at radius 1 is 1.06 bits per heavy atom. The Bertz CT molecular complexity index is 986. The lowest BCUT2D eigenvalue weighted by atomic mass is 9.78. The van der Waals surface area contributed by atoms with Crippen molar-refractivity contribution in [2.24, 2.45) is 17.8 Å². The number of nitrogens with zero attached hydrogens (tertiary/aromatic N) is 3. The Hall–Kier alpha value is -1.77. The first-order valence-corrected chi connectivity index (χ1v) is 13.7.